The molecule has 2 rings (SSSR count). The summed E-state index contributed by atoms with van der Waals surface area (Å²) in [5.74, 6) is 2.71. The second kappa shape index (κ2) is 13.3. The van der Waals surface area contributed by atoms with Crippen LogP contribution in [0.15, 0.2) is 30.3 Å². The molecule has 0 bridgehead atoms. The van der Waals surface area contributed by atoms with E-state index in [4.69, 9.17) is 9.47 Å². The van der Waals surface area contributed by atoms with E-state index in [2.05, 4.69) is 46.8 Å². The Kier molecular flexibility index (Phi) is 11.9. The molecule has 3 nitrogen and oxygen atoms in total. The molecule has 2 aromatic rings. The Hall–Kier alpha value is -1.26. The molecule has 0 saturated heterocycles. The van der Waals surface area contributed by atoms with E-state index in [1.165, 1.54) is 5.56 Å². The molecule has 0 heterocycles. The Bertz CT molecular complexity index is 839. The molecule has 2 aromatic carbocycles. The largest absolute Gasteiger partial charge is 1.00 e. The summed E-state index contributed by atoms with van der Waals surface area (Å²) in [6, 6.07) is 9.99. The van der Waals surface area contributed by atoms with E-state index in [0.717, 1.165) is 46.3 Å². The van der Waals surface area contributed by atoms with Gasteiger partial charge in [0.1, 0.15) is 5.75 Å². The summed E-state index contributed by atoms with van der Waals surface area (Å²) in [4.78, 5) is 13.1. The van der Waals surface area contributed by atoms with Gasteiger partial charge in [0.15, 0.2) is 0 Å². The van der Waals surface area contributed by atoms with Gasteiger partial charge in [-0.1, -0.05) is 51.5 Å². The average Bonchev–Trinajstić information content (AvgIpc) is 2.62. The van der Waals surface area contributed by atoms with Crippen LogP contribution in [0.25, 0.3) is 0 Å². The summed E-state index contributed by atoms with van der Waals surface area (Å²) in [6.07, 6.45) is 1.98. The number of benzene rings is 2. The molecule has 0 atom stereocenters. The Morgan fingerprint density at radius 1 is 0.871 bits per heavy atom. The molecule has 0 aliphatic heterocycles. The van der Waals surface area contributed by atoms with Crippen LogP contribution >= 0.6 is 8.58 Å². The molecule has 0 radical (unpaired) electrons. The fourth-order valence-corrected chi connectivity index (χ4v) is 4.36. The molecule has 0 aliphatic carbocycles. The molecule has 0 saturated carbocycles. The number of hydrogen-bond acceptors (Lipinski definition) is 3. The zero-order valence-corrected chi connectivity index (χ0v) is 21.4. The van der Waals surface area contributed by atoms with Crippen LogP contribution in [0.5, 0.6) is 11.5 Å². The van der Waals surface area contributed by atoms with Gasteiger partial charge < -0.3 is 22.8 Å². The summed E-state index contributed by atoms with van der Waals surface area (Å²) in [6.45, 7) is 16.1. The van der Waals surface area contributed by atoms with E-state index in [0.29, 0.717) is 33.6 Å². The van der Waals surface area contributed by atoms with Crippen LogP contribution in [-0.2, 0) is 0 Å². The summed E-state index contributed by atoms with van der Waals surface area (Å²) in [7, 11) is 0.630. The SMILES string of the molecule is Cc1cc(C)c(C(=O)[P-]c2ccc(OCCC(C)C)cc2OCCC(C)C)c(C)c1.[Li+]. The normalized spacial score (nSPS) is 11.3. The van der Waals surface area contributed by atoms with Gasteiger partial charge in [-0.2, -0.15) is 5.30 Å². The van der Waals surface area contributed by atoms with E-state index in [1.54, 1.807) is 0 Å². The first-order chi connectivity index (χ1) is 14.2. The number of hydrogen-bond donors (Lipinski definition) is 0. The van der Waals surface area contributed by atoms with E-state index in [9.17, 15) is 4.79 Å². The van der Waals surface area contributed by atoms with Gasteiger partial charge in [-0.25, -0.2) is 0 Å². The molecule has 0 N–H and O–H groups in total. The molecule has 0 fully saturated rings. The molecule has 0 spiro atoms. The topological polar surface area (TPSA) is 35.5 Å². The van der Waals surface area contributed by atoms with E-state index < -0.39 is 0 Å². The minimum Gasteiger partial charge on any atom is -0.496 e. The number of carbonyl (C=O) groups is 1. The second-order valence-corrected chi connectivity index (χ2v) is 9.99. The van der Waals surface area contributed by atoms with Crippen molar-refractivity contribution in [2.45, 2.75) is 61.3 Å². The van der Waals surface area contributed by atoms with Crippen molar-refractivity contribution in [3.05, 3.63) is 52.6 Å². The molecular formula is C26H36LiO3P. The fraction of sp³-hybridized carbons (Fsp3) is 0.500. The van der Waals surface area contributed by atoms with Crippen LogP contribution < -0.4 is 33.6 Å². The maximum absolute atomic E-state index is 13.1. The molecule has 0 aromatic heterocycles. The van der Waals surface area contributed by atoms with Crippen LogP contribution in [0.1, 0.15) is 67.6 Å². The molecule has 164 valence electrons. The third kappa shape index (κ3) is 9.02. The molecule has 0 unspecified atom stereocenters. The Balaban J connectivity index is 0.00000480. The molecule has 31 heavy (non-hydrogen) atoms. The Morgan fingerprint density at radius 3 is 1.97 bits per heavy atom. The van der Waals surface area contributed by atoms with Gasteiger partial charge in [-0.3, -0.25) is 0 Å². The minimum absolute atomic E-state index is 0. The van der Waals surface area contributed by atoms with Gasteiger partial charge in [0.2, 0.25) is 0 Å². The number of carbonyl (C=O) groups excluding carboxylic acids is 1. The number of ether oxygens (including phenoxy) is 2. The zero-order valence-electron chi connectivity index (χ0n) is 20.5. The van der Waals surface area contributed by atoms with Gasteiger partial charge in [0, 0.05) is 11.6 Å². The fourth-order valence-electron chi connectivity index (χ4n) is 3.29. The van der Waals surface area contributed by atoms with Crippen LogP contribution in [-0.4, -0.2) is 18.7 Å². The first kappa shape index (κ1) is 27.8. The molecule has 0 aliphatic rings. The first-order valence-corrected chi connectivity index (χ1v) is 11.8. The Labute approximate surface area is 202 Å². The van der Waals surface area contributed by atoms with E-state index in [-0.39, 0.29) is 24.4 Å². The van der Waals surface area contributed by atoms with Crippen molar-refractivity contribution in [2.24, 2.45) is 11.8 Å². The maximum Gasteiger partial charge on any atom is 1.00 e. The smallest absolute Gasteiger partial charge is 0.496 e. The van der Waals surface area contributed by atoms with Crippen LogP contribution in [0.4, 0.5) is 0 Å². The standard InChI is InChI=1S/C26H36O3P.Li/c1-17(2)10-12-28-22-8-9-24(23(16-22)29-13-11-18(3)4)30-26(27)25-20(6)14-19(5)15-21(25)7;/h8-9,14-18H,10-13H2,1-7H3;/q-1;+1. The summed E-state index contributed by atoms with van der Waals surface area (Å²) < 4.78 is 12.0. The van der Waals surface area contributed by atoms with Crippen molar-refractivity contribution in [2.75, 3.05) is 13.2 Å². The first-order valence-electron chi connectivity index (χ1n) is 10.9. The third-order valence-corrected chi connectivity index (χ3v) is 6.00. The van der Waals surface area contributed by atoms with Crippen molar-refractivity contribution in [1.82, 2.24) is 0 Å². The van der Waals surface area contributed by atoms with Crippen LogP contribution in [0, 0.1) is 32.6 Å². The third-order valence-electron chi connectivity index (χ3n) is 4.96. The van der Waals surface area contributed by atoms with E-state index >= 15 is 0 Å². The molecular weight excluding hydrogens is 398 g/mol. The molecule has 0 amide bonds. The van der Waals surface area contributed by atoms with Crippen LogP contribution in [0.3, 0.4) is 0 Å². The average molecular weight is 434 g/mol. The van der Waals surface area contributed by atoms with E-state index in [1.807, 2.05) is 32.0 Å². The van der Waals surface area contributed by atoms with Crippen molar-refractivity contribution in [3.8, 4) is 11.5 Å². The summed E-state index contributed by atoms with van der Waals surface area (Å²) in [5.41, 5.74) is 4.15. The Morgan fingerprint density at radius 2 is 1.42 bits per heavy atom. The van der Waals surface area contributed by atoms with Gasteiger partial charge in [0.05, 0.1) is 19.0 Å². The van der Waals surface area contributed by atoms with Gasteiger partial charge in [-0.05, 0) is 68.2 Å². The second-order valence-electron chi connectivity index (χ2n) is 8.88. The summed E-state index contributed by atoms with van der Waals surface area (Å²) in [5, 5.41) is 0.888. The van der Waals surface area contributed by atoms with Gasteiger partial charge in [-0.15, -0.1) is 0 Å². The zero-order chi connectivity index (χ0) is 22.3. The predicted molar refractivity (Wildman–Crippen MR) is 128 cm³/mol. The van der Waals surface area contributed by atoms with Crippen molar-refractivity contribution >= 4 is 19.4 Å². The van der Waals surface area contributed by atoms with Gasteiger partial charge >= 0.3 is 18.9 Å². The van der Waals surface area contributed by atoms with Crippen molar-refractivity contribution < 1.29 is 33.1 Å². The number of aryl methyl sites for hydroxylation is 3. The van der Waals surface area contributed by atoms with Crippen LogP contribution in [0.2, 0.25) is 0 Å². The monoisotopic (exact) mass is 434 g/mol. The quantitative estimate of drug-likeness (QED) is 0.398. The van der Waals surface area contributed by atoms with Crippen molar-refractivity contribution in [3.63, 3.8) is 0 Å². The minimum atomic E-state index is 0. The predicted octanol–water partition coefficient (Wildman–Crippen LogP) is 3.88. The number of rotatable bonds is 11. The summed E-state index contributed by atoms with van der Waals surface area (Å²) >= 11 is 0. The van der Waals surface area contributed by atoms with Gasteiger partial charge in [0.25, 0.3) is 0 Å². The maximum atomic E-state index is 13.1. The molecule has 5 heteroatoms. The van der Waals surface area contributed by atoms with Crippen molar-refractivity contribution in [1.29, 1.82) is 0 Å².